The number of hydrogen-bond donors (Lipinski definition) is 1. The lowest BCUT2D eigenvalue weighted by Crippen LogP contribution is -2.38. The predicted octanol–water partition coefficient (Wildman–Crippen LogP) is 2.25. The molecular weight excluding hydrogens is 262 g/mol. The van der Waals surface area contributed by atoms with E-state index in [0.29, 0.717) is 6.61 Å². The molecule has 0 aromatic carbocycles. The summed E-state index contributed by atoms with van der Waals surface area (Å²) in [6.45, 7) is 3.57. The highest BCUT2D eigenvalue weighted by Gasteiger charge is 2.19. The fraction of sp³-hybridized carbons (Fsp3) is 0.643. The molecule has 1 aliphatic heterocycles. The molecule has 0 unspecified atom stereocenters. The number of likely N-dealkylation sites (tertiary alicyclic amines) is 1. The van der Waals surface area contributed by atoms with Gasteiger partial charge in [-0.15, -0.1) is 11.3 Å². The molecule has 19 heavy (non-hydrogen) atoms. The molecule has 1 aliphatic rings. The molecule has 5 heteroatoms. The molecule has 4 nitrogen and oxygen atoms in total. The smallest absolute Gasteiger partial charge is 0.305 e. The van der Waals surface area contributed by atoms with Gasteiger partial charge in [0.2, 0.25) is 0 Å². The van der Waals surface area contributed by atoms with Crippen LogP contribution in [-0.4, -0.2) is 48.3 Å². The van der Waals surface area contributed by atoms with Crippen molar-refractivity contribution in [3.8, 4) is 0 Å². The molecule has 0 radical (unpaired) electrons. The minimum atomic E-state index is -0.784. The van der Waals surface area contributed by atoms with E-state index in [4.69, 9.17) is 9.84 Å². The maximum absolute atomic E-state index is 10.4. The van der Waals surface area contributed by atoms with Crippen molar-refractivity contribution in [2.75, 3.05) is 26.2 Å². The van der Waals surface area contributed by atoms with Crippen LogP contribution < -0.4 is 0 Å². The van der Waals surface area contributed by atoms with Gasteiger partial charge in [0.05, 0.1) is 19.1 Å². The Morgan fingerprint density at radius 2 is 2.26 bits per heavy atom. The summed E-state index contributed by atoms with van der Waals surface area (Å²) in [6, 6.07) is 4.29. The molecule has 0 spiro atoms. The van der Waals surface area contributed by atoms with E-state index in [0.717, 1.165) is 38.9 Å². The summed E-state index contributed by atoms with van der Waals surface area (Å²) in [7, 11) is 0. The van der Waals surface area contributed by atoms with Crippen LogP contribution >= 0.6 is 11.3 Å². The molecule has 106 valence electrons. The number of ether oxygens (including phenoxy) is 1. The monoisotopic (exact) mass is 283 g/mol. The zero-order chi connectivity index (χ0) is 13.5. The molecule has 1 aromatic rings. The minimum absolute atomic E-state index is 0.110. The molecular formula is C14H21NO3S. The van der Waals surface area contributed by atoms with E-state index in [1.54, 1.807) is 0 Å². The van der Waals surface area contributed by atoms with Gasteiger partial charge in [-0.2, -0.15) is 0 Å². The first-order valence-electron chi connectivity index (χ1n) is 6.82. The van der Waals surface area contributed by atoms with Crippen molar-refractivity contribution in [1.29, 1.82) is 0 Å². The van der Waals surface area contributed by atoms with Crippen LogP contribution in [0.25, 0.3) is 0 Å². The Bertz CT molecular complexity index is 372. The molecule has 0 amide bonds. The lowest BCUT2D eigenvalue weighted by molar-refractivity contribution is -0.138. The topological polar surface area (TPSA) is 49.8 Å². The first-order chi connectivity index (χ1) is 9.24. The van der Waals surface area contributed by atoms with E-state index in [1.165, 1.54) is 4.88 Å². The van der Waals surface area contributed by atoms with Gasteiger partial charge in [0, 0.05) is 24.5 Å². The third-order valence-corrected chi connectivity index (χ3v) is 4.39. The molecule has 2 heterocycles. The van der Waals surface area contributed by atoms with Gasteiger partial charge < -0.3 is 14.7 Å². The number of thiophene rings is 1. The zero-order valence-electron chi connectivity index (χ0n) is 11.1. The standard InChI is InChI=1S/C14H21NO3S/c16-14(17)6-10-18-12-3-7-15(8-4-12)9-5-13-2-1-11-19-13/h1-2,11-12H,3-10H2,(H,16,17). The zero-order valence-corrected chi connectivity index (χ0v) is 11.9. The summed E-state index contributed by atoms with van der Waals surface area (Å²) in [6.07, 6.45) is 3.52. The van der Waals surface area contributed by atoms with Gasteiger partial charge >= 0.3 is 5.97 Å². The normalized spacial score (nSPS) is 17.7. The molecule has 1 aromatic heterocycles. The third kappa shape index (κ3) is 5.30. The van der Waals surface area contributed by atoms with Crippen molar-refractivity contribution in [2.24, 2.45) is 0 Å². The number of hydrogen-bond acceptors (Lipinski definition) is 4. The Labute approximate surface area is 118 Å². The molecule has 1 N–H and O–H groups in total. The number of rotatable bonds is 7. The van der Waals surface area contributed by atoms with Crippen LogP contribution in [0.3, 0.4) is 0 Å². The van der Waals surface area contributed by atoms with Gasteiger partial charge in [-0.3, -0.25) is 4.79 Å². The fourth-order valence-electron chi connectivity index (χ4n) is 2.34. The van der Waals surface area contributed by atoms with Gasteiger partial charge in [-0.25, -0.2) is 0 Å². The number of nitrogens with zero attached hydrogens (tertiary/aromatic N) is 1. The average molecular weight is 283 g/mol. The fourth-order valence-corrected chi connectivity index (χ4v) is 3.03. The van der Waals surface area contributed by atoms with Crippen molar-refractivity contribution >= 4 is 17.3 Å². The first kappa shape index (κ1) is 14.5. The van der Waals surface area contributed by atoms with Crippen LogP contribution in [0.2, 0.25) is 0 Å². The quantitative estimate of drug-likeness (QED) is 0.834. The molecule has 0 saturated carbocycles. The van der Waals surface area contributed by atoms with Crippen molar-refractivity contribution in [3.63, 3.8) is 0 Å². The van der Waals surface area contributed by atoms with Crippen LogP contribution in [-0.2, 0) is 16.0 Å². The third-order valence-electron chi connectivity index (χ3n) is 3.46. The second-order valence-corrected chi connectivity index (χ2v) is 5.92. The number of carbonyl (C=O) groups is 1. The maximum Gasteiger partial charge on any atom is 0.305 e. The van der Waals surface area contributed by atoms with Crippen molar-refractivity contribution in [3.05, 3.63) is 22.4 Å². The van der Waals surface area contributed by atoms with Crippen LogP contribution in [0.5, 0.6) is 0 Å². The Balaban J connectivity index is 1.58. The highest BCUT2D eigenvalue weighted by atomic mass is 32.1. The van der Waals surface area contributed by atoms with Crippen molar-refractivity contribution in [1.82, 2.24) is 4.90 Å². The van der Waals surface area contributed by atoms with E-state index in [-0.39, 0.29) is 12.5 Å². The van der Waals surface area contributed by atoms with Crippen LogP contribution in [0, 0.1) is 0 Å². The predicted molar refractivity (Wildman–Crippen MR) is 75.7 cm³/mol. The molecule has 1 saturated heterocycles. The first-order valence-corrected chi connectivity index (χ1v) is 7.70. The van der Waals surface area contributed by atoms with Gasteiger partial charge in [0.15, 0.2) is 0 Å². The molecule has 0 bridgehead atoms. The number of carboxylic acid groups (broad SMARTS) is 1. The van der Waals surface area contributed by atoms with Gasteiger partial charge in [0.1, 0.15) is 0 Å². The largest absolute Gasteiger partial charge is 0.481 e. The molecule has 0 atom stereocenters. The number of piperidine rings is 1. The minimum Gasteiger partial charge on any atom is -0.481 e. The SMILES string of the molecule is O=C(O)CCOC1CCN(CCc2cccs2)CC1. The lowest BCUT2D eigenvalue weighted by Gasteiger charge is -2.31. The molecule has 1 fully saturated rings. The highest BCUT2D eigenvalue weighted by molar-refractivity contribution is 7.09. The van der Waals surface area contributed by atoms with E-state index in [1.807, 2.05) is 11.3 Å². The van der Waals surface area contributed by atoms with Gasteiger partial charge in [-0.1, -0.05) is 6.07 Å². The lowest BCUT2D eigenvalue weighted by atomic mass is 10.1. The number of aliphatic carboxylic acids is 1. The Hall–Kier alpha value is -0.910. The summed E-state index contributed by atoms with van der Waals surface area (Å²) in [5.74, 6) is -0.784. The maximum atomic E-state index is 10.4. The van der Waals surface area contributed by atoms with Crippen LogP contribution in [0.1, 0.15) is 24.1 Å². The van der Waals surface area contributed by atoms with E-state index in [9.17, 15) is 4.79 Å². The summed E-state index contributed by atoms with van der Waals surface area (Å²) in [4.78, 5) is 14.3. The van der Waals surface area contributed by atoms with E-state index in [2.05, 4.69) is 22.4 Å². The molecule has 2 rings (SSSR count). The summed E-state index contributed by atoms with van der Waals surface area (Å²) >= 11 is 1.82. The second kappa shape index (κ2) is 7.62. The van der Waals surface area contributed by atoms with Crippen LogP contribution in [0.15, 0.2) is 17.5 Å². The van der Waals surface area contributed by atoms with Crippen LogP contribution in [0.4, 0.5) is 0 Å². The Morgan fingerprint density at radius 3 is 2.89 bits per heavy atom. The highest BCUT2D eigenvalue weighted by Crippen LogP contribution is 2.16. The van der Waals surface area contributed by atoms with Crippen molar-refractivity contribution in [2.45, 2.75) is 31.8 Å². The van der Waals surface area contributed by atoms with E-state index < -0.39 is 5.97 Å². The molecule has 0 aliphatic carbocycles. The second-order valence-electron chi connectivity index (χ2n) is 4.88. The van der Waals surface area contributed by atoms with Gasteiger partial charge in [-0.05, 0) is 30.7 Å². The Kier molecular flexibility index (Phi) is 5.82. The summed E-state index contributed by atoms with van der Waals surface area (Å²) < 4.78 is 5.59. The van der Waals surface area contributed by atoms with Gasteiger partial charge in [0.25, 0.3) is 0 Å². The van der Waals surface area contributed by atoms with E-state index >= 15 is 0 Å². The number of carboxylic acids is 1. The van der Waals surface area contributed by atoms with Crippen molar-refractivity contribution < 1.29 is 14.6 Å². The summed E-state index contributed by atoms with van der Waals surface area (Å²) in [5, 5.41) is 10.7. The Morgan fingerprint density at radius 1 is 1.47 bits per heavy atom. The average Bonchev–Trinajstić information content (AvgIpc) is 2.90. The summed E-state index contributed by atoms with van der Waals surface area (Å²) in [5.41, 5.74) is 0.